The Morgan fingerprint density at radius 1 is 1.15 bits per heavy atom. The van der Waals surface area contributed by atoms with Crippen molar-refractivity contribution >= 4 is 29.2 Å². The highest BCUT2D eigenvalue weighted by atomic mass is 16.2. The number of anilines is 2. The van der Waals surface area contributed by atoms with Crippen molar-refractivity contribution in [1.82, 2.24) is 24.6 Å². The van der Waals surface area contributed by atoms with Gasteiger partial charge in [0.25, 0.3) is 11.9 Å². The number of para-hydroxylation sites is 1. The number of carbonyl (C=O) groups excluding carboxylic acids is 3. The number of hydrogen-bond donors (Lipinski definition) is 1. The van der Waals surface area contributed by atoms with Crippen LogP contribution in [0.15, 0.2) is 48.8 Å². The van der Waals surface area contributed by atoms with Gasteiger partial charge in [0, 0.05) is 30.8 Å². The fourth-order valence-electron chi connectivity index (χ4n) is 4.89. The predicted molar refractivity (Wildman–Crippen MR) is 122 cm³/mol. The van der Waals surface area contributed by atoms with E-state index in [4.69, 9.17) is 0 Å². The average molecular weight is 457 g/mol. The van der Waals surface area contributed by atoms with Gasteiger partial charge in [-0.15, -0.1) is 0 Å². The van der Waals surface area contributed by atoms with Gasteiger partial charge in [0.2, 0.25) is 11.8 Å². The molecule has 0 bridgehead atoms. The molecule has 1 atom stereocenters. The van der Waals surface area contributed by atoms with Crippen molar-refractivity contribution in [2.24, 2.45) is 0 Å². The average Bonchev–Trinajstić information content (AvgIpc) is 3.54. The Labute approximate surface area is 195 Å². The molecular formula is C24H23N7O3. The van der Waals surface area contributed by atoms with Gasteiger partial charge in [-0.05, 0) is 44.4 Å². The Morgan fingerprint density at radius 2 is 1.91 bits per heavy atom. The molecule has 1 unspecified atom stereocenters. The summed E-state index contributed by atoms with van der Waals surface area (Å²) in [7, 11) is 0. The molecule has 1 aliphatic carbocycles. The van der Waals surface area contributed by atoms with E-state index in [0.717, 1.165) is 18.5 Å². The van der Waals surface area contributed by atoms with Crippen molar-refractivity contribution in [3.63, 3.8) is 0 Å². The van der Waals surface area contributed by atoms with E-state index in [1.807, 2.05) is 19.1 Å². The van der Waals surface area contributed by atoms with Gasteiger partial charge in [-0.3, -0.25) is 19.3 Å². The summed E-state index contributed by atoms with van der Waals surface area (Å²) < 4.78 is 1.52. The van der Waals surface area contributed by atoms with Crippen LogP contribution in [0.1, 0.15) is 54.6 Å². The quantitative estimate of drug-likeness (QED) is 0.630. The first kappa shape index (κ1) is 20.5. The van der Waals surface area contributed by atoms with Crippen LogP contribution in [0.2, 0.25) is 0 Å². The van der Waals surface area contributed by atoms with E-state index in [1.54, 1.807) is 41.6 Å². The first-order chi connectivity index (χ1) is 16.5. The molecule has 3 aromatic rings. The van der Waals surface area contributed by atoms with Crippen molar-refractivity contribution in [3.8, 4) is 5.95 Å². The van der Waals surface area contributed by atoms with Crippen molar-refractivity contribution in [3.05, 3.63) is 60.0 Å². The number of carbonyl (C=O) groups is 3. The van der Waals surface area contributed by atoms with Crippen LogP contribution in [0.4, 0.5) is 11.5 Å². The lowest BCUT2D eigenvalue weighted by Crippen LogP contribution is -2.63. The van der Waals surface area contributed by atoms with Crippen LogP contribution in [-0.2, 0) is 9.59 Å². The molecule has 3 aliphatic rings. The molecule has 1 N–H and O–H groups in total. The van der Waals surface area contributed by atoms with Crippen LogP contribution in [0.5, 0.6) is 0 Å². The Balaban J connectivity index is 1.30. The molecule has 10 nitrogen and oxygen atoms in total. The summed E-state index contributed by atoms with van der Waals surface area (Å²) >= 11 is 0. The lowest BCUT2D eigenvalue weighted by atomic mass is 9.98. The lowest BCUT2D eigenvalue weighted by Gasteiger charge is -2.48. The van der Waals surface area contributed by atoms with Crippen LogP contribution < -0.4 is 10.2 Å². The van der Waals surface area contributed by atoms with Crippen LogP contribution in [0.3, 0.4) is 0 Å². The third kappa shape index (κ3) is 3.17. The SMILES string of the molecule is CC12CCC(=O)N1c1ccccc1C(=O)N2CC(=O)Nc1cc(C2CC2)nn1-c1ncccn1. The molecule has 0 radical (unpaired) electrons. The molecule has 1 aromatic carbocycles. The van der Waals surface area contributed by atoms with E-state index < -0.39 is 5.66 Å². The van der Waals surface area contributed by atoms with E-state index in [-0.39, 0.29) is 24.3 Å². The number of rotatable bonds is 5. The molecule has 4 heterocycles. The zero-order chi connectivity index (χ0) is 23.4. The number of nitrogens with one attached hydrogen (secondary N) is 1. The highest BCUT2D eigenvalue weighted by Crippen LogP contribution is 2.44. The minimum absolute atomic E-state index is 0.0544. The van der Waals surface area contributed by atoms with E-state index in [0.29, 0.717) is 41.8 Å². The van der Waals surface area contributed by atoms with E-state index in [1.165, 1.54) is 9.58 Å². The van der Waals surface area contributed by atoms with Crippen LogP contribution in [0, 0.1) is 0 Å². The van der Waals surface area contributed by atoms with Gasteiger partial charge in [0.15, 0.2) is 0 Å². The van der Waals surface area contributed by atoms with Crippen LogP contribution in [0.25, 0.3) is 5.95 Å². The monoisotopic (exact) mass is 457 g/mol. The third-order valence-electron chi connectivity index (χ3n) is 6.78. The zero-order valence-corrected chi connectivity index (χ0v) is 18.6. The third-order valence-corrected chi connectivity index (χ3v) is 6.78. The minimum atomic E-state index is -0.901. The minimum Gasteiger partial charge on any atom is -0.309 e. The van der Waals surface area contributed by atoms with Gasteiger partial charge in [-0.2, -0.15) is 9.78 Å². The highest BCUT2D eigenvalue weighted by Gasteiger charge is 2.53. The van der Waals surface area contributed by atoms with Gasteiger partial charge >= 0.3 is 0 Å². The number of nitrogens with zero attached hydrogens (tertiary/aromatic N) is 6. The number of fused-ring (bicyclic) bond motifs is 3. The summed E-state index contributed by atoms with van der Waals surface area (Å²) in [5.74, 6) is 0.476. The summed E-state index contributed by atoms with van der Waals surface area (Å²) in [6.45, 7) is 1.64. The van der Waals surface area contributed by atoms with Gasteiger partial charge in [-0.25, -0.2) is 9.97 Å². The highest BCUT2D eigenvalue weighted by molar-refractivity contribution is 6.11. The summed E-state index contributed by atoms with van der Waals surface area (Å²) in [5.41, 5.74) is 0.997. The number of amides is 3. The van der Waals surface area contributed by atoms with Crippen LogP contribution >= 0.6 is 0 Å². The molecule has 0 spiro atoms. The number of aromatic nitrogens is 4. The second-order valence-corrected chi connectivity index (χ2v) is 9.09. The maximum atomic E-state index is 13.4. The Hall–Kier alpha value is -4.08. The Kier molecular flexibility index (Phi) is 4.51. The van der Waals surface area contributed by atoms with Crippen molar-refractivity contribution in [2.45, 2.75) is 44.2 Å². The molecule has 172 valence electrons. The molecule has 1 saturated carbocycles. The molecule has 10 heteroatoms. The first-order valence-electron chi connectivity index (χ1n) is 11.4. The molecule has 3 amide bonds. The maximum absolute atomic E-state index is 13.4. The van der Waals surface area contributed by atoms with E-state index in [2.05, 4.69) is 20.4 Å². The molecule has 2 aromatic heterocycles. The summed E-state index contributed by atoms with van der Waals surface area (Å²) in [5, 5.41) is 7.50. The summed E-state index contributed by atoms with van der Waals surface area (Å²) in [4.78, 5) is 51.1. The fourth-order valence-corrected chi connectivity index (χ4v) is 4.89. The smallest absolute Gasteiger partial charge is 0.258 e. The fraction of sp³-hybridized carbons (Fsp3) is 0.333. The standard InChI is InChI=1S/C24H23N7O3/c1-24-10-9-21(33)30(24)18-6-3-2-5-16(18)22(34)29(24)14-20(32)27-19-13-17(15-7-8-15)28-31(19)23-25-11-4-12-26-23/h2-6,11-13,15H,7-10,14H2,1H3,(H,27,32). The maximum Gasteiger partial charge on any atom is 0.258 e. The zero-order valence-electron chi connectivity index (χ0n) is 18.6. The van der Waals surface area contributed by atoms with Gasteiger partial charge in [0.1, 0.15) is 18.0 Å². The Bertz CT molecular complexity index is 1320. The van der Waals surface area contributed by atoms with Crippen molar-refractivity contribution in [2.75, 3.05) is 16.8 Å². The molecule has 1 saturated heterocycles. The molecule has 2 aliphatic heterocycles. The normalized spacial score (nSPS) is 21.4. The molecule has 34 heavy (non-hydrogen) atoms. The molecule has 2 fully saturated rings. The topological polar surface area (TPSA) is 113 Å². The number of hydrogen-bond acceptors (Lipinski definition) is 6. The first-order valence-corrected chi connectivity index (χ1v) is 11.4. The van der Waals surface area contributed by atoms with Gasteiger partial charge < -0.3 is 10.2 Å². The summed E-state index contributed by atoms with van der Waals surface area (Å²) in [6.07, 6.45) is 6.12. The summed E-state index contributed by atoms with van der Waals surface area (Å²) in [6, 6.07) is 10.6. The van der Waals surface area contributed by atoms with Gasteiger partial charge in [-0.1, -0.05) is 12.1 Å². The van der Waals surface area contributed by atoms with Gasteiger partial charge in [0.05, 0.1) is 16.9 Å². The van der Waals surface area contributed by atoms with Crippen molar-refractivity contribution in [1.29, 1.82) is 0 Å². The van der Waals surface area contributed by atoms with Crippen molar-refractivity contribution < 1.29 is 14.4 Å². The van der Waals surface area contributed by atoms with E-state index >= 15 is 0 Å². The number of benzene rings is 1. The second-order valence-electron chi connectivity index (χ2n) is 9.09. The second kappa shape index (κ2) is 7.47. The Morgan fingerprint density at radius 3 is 2.68 bits per heavy atom. The predicted octanol–water partition coefficient (Wildman–Crippen LogP) is 2.48. The van der Waals surface area contributed by atoms with Crippen LogP contribution in [-0.4, -0.2) is 54.6 Å². The molecular weight excluding hydrogens is 434 g/mol. The lowest BCUT2D eigenvalue weighted by molar-refractivity contribution is -0.120. The molecule has 6 rings (SSSR count). The largest absolute Gasteiger partial charge is 0.309 e. The van der Waals surface area contributed by atoms with E-state index in [9.17, 15) is 14.4 Å².